The third kappa shape index (κ3) is 6.94. The number of alkyl carbamates (subject to hydrolysis) is 1. The van der Waals surface area contributed by atoms with E-state index in [1.54, 1.807) is 16.2 Å². The molecule has 11 heteroatoms. The highest BCUT2D eigenvalue weighted by molar-refractivity contribution is 6.00. The number of benzene rings is 2. The summed E-state index contributed by atoms with van der Waals surface area (Å²) in [7, 11) is 1.76. The second kappa shape index (κ2) is 14.3. The first-order valence-electron chi connectivity index (χ1n) is 17.8. The monoisotopic (exact) mass is 656 g/mol. The SMILES string of the molecule is Cn1c(=O)n(C2CCC(=O)NC2=O)c2ccc(C3CCN(C4CCC(N5CCC(NC(=O)OCc6ccccc6)CC5)CC4)CC3)cc21. The number of hydrogen-bond acceptors (Lipinski definition) is 7. The van der Waals surface area contributed by atoms with E-state index in [0.29, 0.717) is 31.0 Å². The molecule has 1 unspecified atom stereocenters. The largest absolute Gasteiger partial charge is 0.445 e. The number of aromatic nitrogens is 2. The molecule has 48 heavy (non-hydrogen) atoms. The number of piperidine rings is 3. The third-order valence-corrected chi connectivity index (χ3v) is 11.4. The van der Waals surface area contributed by atoms with Crippen LogP contribution in [0.3, 0.4) is 0 Å². The van der Waals surface area contributed by atoms with E-state index >= 15 is 0 Å². The van der Waals surface area contributed by atoms with Gasteiger partial charge in [0.05, 0.1) is 11.0 Å². The second-order valence-corrected chi connectivity index (χ2v) is 14.2. The van der Waals surface area contributed by atoms with Crippen LogP contribution in [0.2, 0.25) is 0 Å². The summed E-state index contributed by atoms with van der Waals surface area (Å²) < 4.78 is 8.62. The van der Waals surface area contributed by atoms with E-state index in [-0.39, 0.29) is 30.2 Å². The molecule has 3 aliphatic heterocycles. The minimum absolute atomic E-state index is 0.179. The van der Waals surface area contributed by atoms with Gasteiger partial charge in [0.1, 0.15) is 12.6 Å². The number of amides is 3. The molecule has 1 aromatic heterocycles. The van der Waals surface area contributed by atoms with Crippen LogP contribution in [0.15, 0.2) is 53.3 Å². The number of carbonyl (C=O) groups is 3. The van der Waals surface area contributed by atoms with Crippen molar-refractivity contribution in [2.24, 2.45) is 7.05 Å². The van der Waals surface area contributed by atoms with Gasteiger partial charge in [0.2, 0.25) is 11.8 Å². The minimum atomic E-state index is -0.659. The molecule has 7 rings (SSSR count). The number of imidazole rings is 1. The topological polar surface area (TPSA) is 118 Å². The highest BCUT2D eigenvalue weighted by Crippen LogP contribution is 2.35. The summed E-state index contributed by atoms with van der Waals surface area (Å²) in [4.78, 5) is 55.1. The maximum atomic E-state index is 13.2. The molecule has 0 spiro atoms. The highest BCUT2D eigenvalue weighted by Gasteiger charge is 2.34. The summed E-state index contributed by atoms with van der Waals surface area (Å²) in [5.41, 5.74) is 3.61. The number of aryl methyl sites for hydroxylation is 1. The van der Waals surface area contributed by atoms with Crippen LogP contribution in [-0.4, -0.2) is 81.1 Å². The molecule has 1 aliphatic carbocycles. The minimum Gasteiger partial charge on any atom is -0.445 e. The van der Waals surface area contributed by atoms with Gasteiger partial charge in [0.25, 0.3) is 0 Å². The van der Waals surface area contributed by atoms with Gasteiger partial charge in [-0.15, -0.1) is 0 Å². The first-order valence-corrected chi connectivity index (χ1v) is 17.8. The third-order valence-electron chi connectivity index (χ3n) is 11.4. The van der Waals surface area contributed by atoms with Crippen LogP contribution >= 0.6 is 0 Å². The predicted molar refractivity (Wildman–Crippen MR) is 183 cm³/mol. The quantitative estimate of drug-likeness (QED) is 0.366. The number of nitrogens with zero attached hydrogens (tertiary/aromatic N) is 4. The van der Waals surface area contributed by atoms with Crippen molar-refractivity contribution in [3.05, 3.63) is 70.1 Å². The normalized spacial score (nSPS) is 25.2. The van der Waals surface area contributed by atoms with Crippen LogP contribution in [0.25, 0.3) is 11.0 Å². The number of hydrogen-bond donors (Lipinski definition) is 2. The van der Waals surface area contributed by atoms with E-state index in [4.69, 9.17) is 4.74 Å². The van der Waals surface area contributed by atoms with Crippen molar-refractivity contribution in [2.45, 2.75) is 101 Å². The summed E-state index contributed by atoms with van der Waals surface area (Å²) in [6.45, 7) is 4.53. The number of fused-ring (bicyclic) bond motifs is 1. The van der Waals surface area contributed by atoms with Gasteiger partial charge in [-0.1, -0.05) is 36.4 Å². The lowest BCUT2D eigenvalue weighted by Gasteiger charge is -2.44. The molecule has 3 amide bonds. The van der Waals surface area contributed by atoms with Crippen molar-refractivity contribution in [2.75, 3.05) is 26.2 Å². The smallest absolute Gasteiger partial charge is 0.407 e. The number of likely N-dealkylation sites (tertiary alicyclic amines) is 2. The van der Waals surface area contributed by atoms with E-state index in [1.807, 2.05) is 36.4 Å². The van der Waals surface area contributed by atoms with Crippen molar-refractivity contribution in [3.63, 3.8) is 0 Å². The molecule has 11 nitrogen and oxygen atoms in total. The van der Waals surface area contributed by atoms with Crippen molar-refractivity contribution < 1.29 is 19.1 Å². The summed E-state index contributed by atoms with van der Waals surface area (Å²) >= 11 is 0. The Morgan fingerprint density at radius 3 is 2.10 bits per heavy atom. The molecule has 4 aliphatic rings. The van der Waals surface area contributed by atoms with Gasteiger partial charge in [-0.25, -0.2) is 9.59 Å². The first-order chi connectivity index (χ1) is 23.3. The second-order valence-electron chi connectivity index (χ2n) is 14.2. The van der Waals surface area contributed by atoms with Gasteiger partial charge >= 0.3 is 11.8 Å². The molecule has 1 atom stereocenters. The molecular formula is C37H48N6O5. The molecular weight excluding hydrogens is 608 g/mol. The molecule has 2 N–H and O–H groups in total. The Morgan fingerprint density at radius 1 is 0.812 bits per heavy atom. The van der Waals surface area contributed by atoms with Crippen LogP contribution in [-0.2, 0) is 28.0 Å². The Kier molecular flexibility index (Phi) is 9.68. The Hall–Kier alpha value is -3.96. The van der Waals surface area contributed by atoms with Crippen molar-refractivity contribution >= 4 is 28.9 Å². The van der Waals surface area contributed by atoms with Gasteiger partial charge in [0.15, 0.2) is 0 Å². The Balaban J connectivity index is 0.860. The van der Waals surface area contributed by atoms with E-state index in [1.165, 1.54) is 31.2 Å². The predicted octanol–water partition coefficient (Wildman–Crippen LogP) is 4.20. The Morgan fingerprint density at radius 2 is 1.46 bits per heavy atom. The standard InChI is InChI=1S/C37H48N6O5/c1-40-33-23-27(7-12-31(33)43(37(40)47)32-13-14-34(44)39-35(32)45)26-15-19-41(20-16-26)29-8-10-30(11-9-29)42-21-17-28(18-22-42)38-36(46)48-24-25-5-3-2-4-6-25/h2-7,12,23,26,28-30,32H,8-11,13-22,24H2,1H3,(H,38,46)(H,39,44,45). The number of imide groups is 1. The van der Waals surface area contributed by atoms with Crippen LogP contribution < -0.4 is 16.3 Å². The molecule has 256 valence electrons. The van der Waals surface area contributed by atoms with Crippen LogP contribution in [0.4, 0.5) is 4.79 Å². The van der Waals surface area contributed by atoms with Crippen LogP contribution in [0, 0.1) is 0 Å². The van der Waals surface area contributed by atoms with Crippen molar-refractivity contribution in [1.29, 1.82) is 0 Å². The molecule has 0 radical (unpaired) electrons. The molecule has 4 fully saturated rings. The number of nitrogens with one attached hydrogen (secondary N) is 2. The highest BCUT2D eigenvalue weighted by atomic mass is 16.5. The lowest BCUT2D eigenvalue weighted by atomic mass is 9.84. The maximum Gasteiger partial charge on any atom is 0.407 e. The fraction of sp³-hybridized carbons (Fsp3) is 0.568. The maximum absolute atomic E-state index is 13.2. The fourth-order valence-electron chi connectivity index (χ4n) is 8.59. The van der Waals surface area contributed by atoms with E-state index in [9.17, 15) is 19.2 Å². The van der Waals surface area contributed by atoms with Crippen LogP contribution in [0.1, 0.15) is 87.3 Å². The molecule has 3 aromatic rings. The lowest BCUT2D eigenvalue weighted by Crippen LogP contribution is -2.50. The number of rotatable bonds is 7. The van der Waals surface area contributed by atoms with E-state index < -0.39 is 11.9 Å². The molecule has 1 saturated carbocycles. The summed E-state index contributed by atoms with van der Waals surface area (Å²) in [5, 5.41) is 5.46. The molecule has 3 saturated heterocycles. The van der Waals surface area contributed by atoms with Crippen LogP contribution in [0.5, 0.6) is 0 Å². The number of carbonyl (C=O) groups excluding carboxylic acids is 3. The zero-order valence-electron chi connectivity index (χ0n) is 27.9. The van der Waals surface area contributed by atoms with Gasteiger partial charge in [-0.05, 0) is 100 Å². The van der Waals surface area contributed by atoms with Crippen molar-refractivity contribution in [3.8, 4) is 0 Å². The summed E-state index contributed by atoms with van der Waals surface area (Å²) in [6, 6.07) is 16.8. The van der Waals surface area contributed by atoms with Crippen molar-refractivity contribution in [1.82, 2.24) is 29.6 Å². The molecule has 4 heterocycles. The fourth-order valence-corrected chi connectivity index (χ4v) is 8.59. The molecule has 0 bridgehead atoms. The lowest BCUT2D eigenvalue weighted by molar-refractivity contribution is -0.135. The zero-order chi connectivity index (χ0) is 33.2. The summed E-state index contributed by atoms with van der Waals surface area (Å²) in [5.74, 6) is -0.236. The number of ether oxygens (including phenoxy) is 1. The van der Waals surface area contributed by atoms with Gasteiger partial charge in [-0.3, -0.25) is 24.0 Å². The van der Waals surface area contributed by atoms with Gasteiger partial charge in [-0.2, -0.15) is 0 Å². The Labute approximate surface area is 281 Å². The van der Waals surface area contributed by atoms with Gasteiger partial charge < -0.3 is 19.9 Å². The average molecular weight is 657 g/mol. The molecule has 2 aromatic carbocycles. The zero-order valence-corrected chi connectivity index (χ0v) is 27.9. The van der Waals surface area contributed by atoms with E-state index in [0.717, 1.165) is 68.5 Å². The average Bonchev–Trinajstić information content (AvgIpc) is 3.36. The van der Waals surface area contributed by atoms with E-state index in [2.05, 4.69) is 32.6 Å². The summed E-state index contributed by atoms with van der Waals surface area (Å²) in [6.07, 6.45) is 9.33. The Bertz CT molecular complexity index is 1680. The van der Waals surface area contributed by atoms with Gasteiger partial charge in [0, 0.05) is 44.7 Å². The first kappa shape index (κ1) is 32.6.